The summed E-state index contributed by atoms with van der Waals surface area (Å²) in [6.07, 6.45) is 0. The highest BCUT2D eigenvalue weighted by Gasteiger charge is 2.17. The number of carbonyl (C=O) groups is 1. The molecule has 0 saturated carbocycles. The standard InChI is InChI=1S/C22H29NO3S/c1-14(2)27(25,26)13-19-8-7-9-20(11-19)23-12-21-15(3)10-16(4)22(17(21)5)18(6)24/h7-11,14,23H,12-13H2,1-6H3. The minimum absolute atomic E-state index is 0.0389. The predicted octanol–water partition coefficient (Wildman–Crippen LogP) is 4.75. The summed E-state index contributed by atoms with van der Waals surface area (Å²) < 4.78 is 24.3. The molecule has 0 aliphatic rings. The first-order valence-electron chi connectivity index (χ1n) is 9.18. The summed E-state index contributed by atoms with van der Waals surface area (Å²) in [5, 5.41) is 2.99. The average molecular weight is 388 g/mol. The van der Waals surface area contributed by atoms with E-state index >= 15 is 0 Å². The van der Waals surface area contributed by atoms with Crippen LogP contribution in [0.4, 0.5) is 5.69 Å². The minimum Gasteiger partial charge on any atom is -0.381 e. The molecular weight excluding hydrogens is 358 g/mol. The van der Waals surface area contributed by atoms with Crippen LogP contribution in [0.25, 0.3) is 0 Å². The largest absolute Gasteiger partial charge is 0.381 e. The fourth-order valence-corrected chi connectivity index (χ4v) is 4.38. The third kappa shape index (κ3) is 4.98. The SMILES string of the molecule is CC(=O)c1c(C)cc(C)c(CNc2cccc(CS(=O)(=O)C(C)C)c2)c1C. The van der Waals surface area contributed by atoms with E-state index in [4.69, 9.17) is 0 Å². The van der Waals surface area contributed by atoms with Crippen LogP contribution in [0.15, 0.2) is 30.3 Å². The van der Waals surface area contributed by atoms with Crippen molar-refractivity contribution >= 4 is 21.3 Å². The lowest BCUT2D eigenvalue weighted by atomic mass is 9.91. The molecular formula is C22H29NO3S. The van der Waals surface area contributed by atoms with E-state index in [1.807, 2.05) is 51.1 Å². The molecule has 1 N–H and O–H groups in total. The van der Waals surface area contributed by atoms with Gasteiger partial charge in [0.25, 0.3) is 0 Å². The molecule has 0 aromatic heterocycles. The number of nitrogens with one attached hydrogen (secondary N) is 1. The molecule has 0 fully saturated rings. The van der Waals surface area contributed by atoms with Crippen LogP contribution >= 0.6 is 0 Å². The second-order valence-electron chi connectivity index (χ2n) is 7.45. The first kappa shape index (κ1) is 21.2. The molecule has 5 heteroatoms. The van der Waals surface area contributed by atoms with Crippen LogP contribution in [-0.2, 0) is 22.1 Å². The van der Waals surface area contributed by atoms with Crippen molar-refractivity contribution < 1.29 is 13.2 Å². The number of Topliss-reactive ketones (excluding diaryl/α,β-unsaturated/α-hetero) is 1. The van der Waals surface area contributed by atoms with Gasteiger partial charge in [0.15, 0.2) is 15.6 Å². The van der Waals surface area contributed by atoms with E-state index in [0.717, 1.165) is 39.1 Å². The number of ketones is 1. The van der Waals surface area contributed by atoms with Gasteiger partial charge in [-0.3, -0.25) is 4.79 Å². The fraction of sp³-hybridized carbons (Fsp3) is 0.409. The van der Waals surface area contributed by atoms with Gasteiger partial charge in [-0.05, 0) is 81.5 Å². The van der Waals surface area contributed by atoms with E-state index in [1.54, 1.807) is 20.8 Å². The quantitative estimate of drug-likeness (QED) is 0.697. The molecule has 2 rings (SSSR count). The van der Waals surface area contributed by atoms with E-state index in [2.05, 4.69) is 5.32 Å². The van der Waals surface area contributed by atoms with E-state index in [1.165, 1.54) is 0 Å². The molecule has 0 radical (unpaired) electrons. The van der Waals surface area contributed by atoms with Crippen molar-refractivity contribution in [2.24, 2.45) is 0 Å². The smallest absolute Gasteiger partial charge is 0.160 e. The first-order valence-corrected chi connectivity index (χ1v) is 10.9. The van der Waals surface area contributed by atoms with Gasteiger partial charge < -0.3 is 5.32 Å². The van der Waals surface area contributed by atoms with Crippen molar-refractivity contribution in [2.75, 3.05) is 5.32 Å². The van der Waals surface area contributed by atoms with Gasteiger partial charge in [-0.1, -0.05) is 18.2 Å². The lowest BCUT2D eigenvalue weighted by molar-refractivity contribution is 0.101. The summed E-state index contributed by atoms with van der Waals surface area (Å²) in [5.74, 6) is 0.115. The van der Waals surface area contributed by atoms with Crippen molar-refractivity contribution in [3.63, 3.8) is 0 Å². The van der Waals surface area contributed by atoms with Gasteiger partial charge in [0, 0.05) is 17.8 Å². The highest BCUT2D eigenvalue weighted by molar-refractivity contribution is 7.91. The second-order valence-corrected chi connectivity index (χ2v) is 10.0. The normalized spacial score (nSPS) is 11.7. The van der Waals surface area contributed by atoms with Crippen LogP contribution < -0.4 is 5.32 Å². The van der Waals surface area contributed by atoms with E-state index in [0.29, 0.717) is 6.54 Å². The number of aryl methyl sites for hydroxylation is 2. The number of sulfone groups is 1. The Morgan fingerprint density at radius 3 is 2.33 bits per heavy atom. The maximum absolute atomic E-state index is 12.2. The molecule has 0 heterocycles. The fourth-order valence-electron chi connectivity index (χ4n) is 3.40. The number of rotatable bonds is 7. The number of hydrogen-bond acceptors (Lipinski definition) is 4. The van der Waals surface area contributed by atoms with Gasteiger partial charge in [-0.2, -0.15) is 0 Å². The Bertz CT molecular complexity index is 960. The van der Waals surface area contributed by atoms with Crippen LogP contribution in [0, 0.1) is 20.8 Å². The predicted molar refractivity (Wildman–Crippen MR) is 112 cm³/mol. The molecule has 2 aromatic rings. The first-order chi connectivity index (χ1) is 12.5. The Hall–Kier alpha value is -2.14. The Morgan fingerprint density at radius 2 is 1.74 bits per heavy atom. The van der Waals surface area contributed by atoms with Crippen LogP contribution in [-0.4, -0.2) is 19.5 Å². The number of anilines is 1. The molecule has 0 aliphatic heterocycles. The maximum atomic E-state index is 12.2. The Kier molecular flexibility index (Phi) is 6.47. The van der Waals surface area contributed by atoms with Crippen LogP contribution in [0.2, 0.25) is 0 Å². The zero-order valence-electron chi connectivity index (χ0n) is 17.0. The maximum Gasteiger partial charge on any atom is 0.160 e. The average Bonchev–Trinajstić information content (AvgIpc) is 2.53. The second kappa shape index (κ2) is 8.26. The molecule has 146 valence electrons. The van der Waals surface area contributed by atoms with Crippen LogP contribution in [0.3, 0.4) is 0 Å². The van der Waals surface area contributed by atoms with Crippen LogP contribution in [0.5, 0.6) is 0 Å². The van der Waals surface area contributed by atoms with Gasteiger partial charge in [0.05, 0.1) is 11.0 Å². The van der Waals surface area contributed by atoms with Crippen LogP contribution in [0.1, 0.15) is 58.9 Å². The lowest BCUT2D eigenvalue weighted by Crippen LogP contribution is -2.16. The summed E-state index contributed by atoms with van der Waals surface area (Å²) in [6.45, 7) is 11.6. The highest BCUT2D eigenvalue weighted by atomic mass is 32.2. The van der Waals surface area contributed by atoms with Gasteiger partial charge in [0.1, 0.15) is 0 Å². The Balaban J connectivity index is 2.24. The van der Waals surface area contributed by atoms with Crippen molar-refractivity contribution in [2.45, 2.75) is 59.1 Å². The topological polar surface area (TPSA) is 63.2 Å². The molecule has 0 saturated heterocycles. The minimum atomic E-state index is -3.13. The molecule has 0 spiro atoms. The molecule has 2 aromatic carbocycles. The van der Waals surface area contributed by atoms with E-state index in [9.17, 15) is 13.2 Å². The summed E-state index contributed by atoms with van der Waals surface area (Å²) in [4.78, 5) is 12.0. The Labute approximate surface area is 162 Å². The molecule has 0 amide bonds. The molecule has 27 heavy (non-hydrogen) atoms. The molecule has 0 atom stereocenters. The van der Waals surface area contributed by atoms with Crippen molar-refractivity contribution in [3.05, 3.63) is 63.7 Å². The van der Waals surface area contributed by atoms with Crippen molar-refractivity contribution in [3.8, 4) is 0 Å². The van der Waals surface area contributed by atoms with Gasteiger partial charge in [-0.25, -0.2) is 8.42 Å². The van der Waals surface area contributed by atoms with Crippen molar-refractivity contribution in [1.82, 2.24) is 0 Å². The van der Waals surface area contributed by atoms with Gasteiger partial charge >= 0.3 is 0 Å². The summed E-state index contributed by atoms with van der Waals surface area (Å²) >= 11 is 0. The zero-order chi connectivity index (χ0) is 20.4. The number of carbonyl (C=O) groups excluding carboxylic acids is 1. The van der Waals surface area contributed by atoms with Crippen molar-refractivity contribution in [1.29, 1.82) is 0 Å². The van der Waals surface area contributed by atoms with E-state index in [-0.39, 0.29) is 11.5 Å². The highest BCUT2D eigenvalue weighted by Crippen LogP contribution is 2.24. The lowest BCUT2D eigenvalue weighted by Gasteiger charge is -2.17. The molecule has 0 aliphatic carbocycles. The Morgan fingerprint density at radius 1 is 1.07 bits per heavy atom. The molecule has 4 nitrogen and oxygen atoms in total. The van der Waals surface area contributed by atoms with E-state index < -0.39 is 15.1 Å². The summed E-state index contributed by atoms with van der Waals surface area (Å²) in [6, 6.07) is 9.55. The monoisotopic (exact) mass is 387 g/mol. The van der Waals surface area contributed by atoms with Gasteiger partial charge in [0.2, 0.25) is 0 Å². The molecule has 0 unspecified atom stereocenters. The van der Waals surface area contributed by atoms with Gasteiger partial charge in [-0.15, -0.1) is 0 Å². The summed E-state index contributed by atoms with van der Waals surface area (Å²) in [7, 11) is -3.13. The molecule has 0 bridgehead atoms. The third-order valence-electron chi connectivity index (χ3n) is 4.97. The summed E-state index contributed by atoms with van der Waals surface area (Å²) in [5.41, 5.74) is 6.68. The third-order valence-corrected chi connectivity index (χ3v) is 7.14. The zero-order valence-corrected chi connectivity index (χ0v) is 17.8. The number of benzene rings is 2. The number of hydrogen-bond donors (Lipinski definition) is 1.